The molecule has 5 heteroatoms. The summed E-state index contributed by atoms with van der Waals surface area (Å²) >= 11 is 0. The highest BCUT2D eigenvalue weighted by Gasteiger charge is 2.34. The van der Waals surface area contributed by atoms with Crippen molar-refractivity contribution in [3.8, 4) is 5.75 Å². The maximum absolute atomic E-state index is 13.6. The van der Waals surface area contributed by atoms with E-state index in [-0.39, 0.29) is 11.9 Å². The molecule has 0 radical (unpaired) electrons. The second-order valence-corrected chi connectivity index (χ2v) is 7.88. The molecule has 1 aliphatic heterocycles. The van der Waals surface area contributed by atoms with Gasteiger partial charge in [0.05, 0.1) is 17.3 Å². The number of hydrogen-bond acceptors (Lipinski definition) is 4. The van der Waals surface area contributed by atoms with E-state index in [9.17, 15) is 4.79 Å². The molecule has 1 atom stereocenters. The third-order valence-electron chi connectivity index (χ3n) is 5.84. The van der Waals surface area contributed by atoms with Gasteiger partial charge in [-0.05, 0) is 55.7 Å². The van der Waals surface area contributed by atoms with Crippen LogP contribution >= 0.6 is 0 Å². The molecule has 2 aromatic carbocycles. The summed E-state index contributed by atoms with van der Waals surface area (Å²) in [6, 6.07) is 21.6. The number of carbonyl (C=O) groups excluding carboxylic acids is 1. The minimum Gasteiger partial charge on any atom is -0.489 e. The molecule has 0 saturated carbocycles. The molecule has 31 heavy (non-hydrogen) atoms. The summed E-state index contributed by atoms with van der Waals surface area (Å²) in [4.78, 5) is 20.0. The number of nitrogens with zero attached hydrogens (tertiary/aromatic N) is 2. The van der Waals surface area contributed by atoms with Gasteiger partial charge in [0.25, 0.3) is 5.91 Å². The first kappa shape index (κ1) is 19.4. The van der Waals surface area contributed by atoms with Crippen LogP contribution in [0.5, 0.6) is 5.75 Å². The zero-order valence-corrected chi connectivity index (χ0v) is 17.5. The van der Waals surface area contributed by atoms with E-state index in [1.165, 1.54) is 0 Å². The van der Waals surface area contributed by atoms with Gasteiger partial charge in [-0.15, -0.1) is 0 Å². The zero-order chi connectivity index (χ0) is 21.2. The Morgan fingerprint density at radius 3 is 2.77 bits per heavy atom. The van der Waals surface area contributed by atoms with E-state index in [0.29, 0.717) is 29.3 Å². The van der Waals surface area contributed by atoms with E-state index in [1.54, 1.807) is 6.20 Å². The van der Waals surface area contributed by atoms with Crippen LogP contribution in [0.15, 0.2) is 77.3 Å². The molecule has 2 aromatic heterocycles. The van der Waals surface area contributed by atoms with E-state index < -0.39 is 0 Å². The molecule has 1 aliphatic rings. The number of benzene rings is 2. The zero-order valence-electron chi connectivity index (χ0n) is 17.5. The van der Waals surface area contributed by atoms with Crippen molar-refractivity contribution in [1.29, 1.82) is 0 Å². The van der Waals surface area contributed by atoms with Gasteiger partial charge in [0, 0.05) is 18.1 Å². The normalized spacial score (nSPS) is 16.0. The highest BCUT2D eigenvalue weighted by atomic mass is 16.5. The fourth-order valence-corrected chi connectivity index (χ4v) is 4.33. The number of pyridine rings is 1. The van der Waals surface area contributed by atoms with Gasteiger partial charge in [0.15, 0.2) is 0 Å². The number of likely N-dealkylation sites (tertiary alicyclic amines) is 1. The van der Waals surface area contributed by atoms with Crippen LogP contribution in [0.2, 0.25) is 0 Å². The van der Waals surface area contributed by atoms with Gasteiger partial charge in [-0.3, -0.25) is 9.78 Å². The number of aryl methyl sites for hydroxylation is 1. The Hall–Kier alpha value is -3.60. The minimum atomic E-state index is -0.00962. The summed E-state index contributed by atoms with van der Waals surface area (Å²) in [6.45, 7) is 3.04. The molecule has 156 valence electrons. The molecular formula is C26H24N2O3. The number of hydrogen-bond donors (Lipinski definition) is 0. The van der Waals surface area contributed by atoms with E-state index in [4.69, 9.17) is 9.15 Å². The van der Waals surface area contributed by atoms with Gasteiger partial charge in [-0.2, -0.15) is 0 Å². The van der Waals surface area contributed by atoms with Crippen molar-refractivity contribution in [3.63, 3.8) is 0 Å². The van der Waals surface area contributed by atoms with E-state index in [0.717, 1.165) is 36.0 Å². The topological polar surface area (TPSA) is 55.6 Å². The number of furan rings is 1. The van der Waals surface area contributed by atoms with Crippen molar-refractivity contribution in [1.82, 2.24) is 9.88 Å². The standard InChI is InChI=1S/C26H24N2O3/c1-18-25(26(29)28-15-7-11-23(28)22-10-5-6-14-27-22)21-16-20(12-13-24(21)31-18)30-17-19-8-3-2-4-9-19/h2-6,8-10,12-14,16,23H,7,11,15,17H2,1H3. The van der Waals surface area contributed by atoms with Crippen molar-refractivity contribution in [2.24, 2.45) is 0 Å². The van der Waals surface area contributed by atoms with Gasteiger partial charge in [-0.25, -0.2) is 0 Å². The molecule has 1 saturated heterocycles. The lowest BCUT2D eigenvalue weighted by molar-refractivity contribution is 0.0733. The average Bonchev–Trinajstić information content (AvgIpc) is 3.42. The Morgan fingerprint density at radius 1 is 1.13 bits per heavy atom. The second-order valence-electron chi connectivity index (χ2n) is 7.88. The van der Waals surface area contributed by atoms with Crippen LogP contribution in [0.4, 0.5) is 0 Å². The third-order valence-corrected chi connectivity index (χ3v) is 5.84. The molecule has 4 aromatic rings. The molecule has 1 unspecified atom stereocenters. The van der Waals surface area contributed by atoms with Crippen LogP contribution in [-0.2, 0) is 6.61 Å². The number of fused-ring (bicyclic) bond motifs is 1. The smallest absolute Gasteiger partial charge is 0.258 e. The number of amides is 1. The summed E-state index contributed by atoms with van der Waals surface area (Å²) in [5, 5.41) is 0.791. The lowest BCUT2D eigenvalue weighted by Crippen LogP contribution is -2.31. The Balaban J connectivity index is 1.44. The van der Waals surface area contributed by atoms with Crippen molar-refractivity contribution < 1.29 is 13.9 Å². The summed E-state index contributed by atoms with van der Waals surface area (Å²) in [5.74, 6) is 1.34. The fraction of sp³-hybridized carbons (Fsp3) is 0.231. The maximum Gasteiger partial charge on any atom is 0.258 e. The second kappa shape index (κ2) is 8.26. The Morgan fingerprint density at radius 2 is 1.97 bits per heavy atom. The molecule has 0 aliphatic carbocycles. The molecule has 0 N–H and O–H groups in total. The SMILES string of the molecule is Cc1oc2ccc(OCc3ccccc3)cc2c1C(=O)N1CCCC1c1ccccn1. The first-order chi connectivity index (χ1) is 15.2. The van der Waals surface area contributed by atoms with Crippen LogP contribution < -0.4 is 4.74 Å². The largest absolute Gasteiger partial charge is 0.489 e. The summed E-state index contributed by atoms with van der Waals surface area (Å²) in [6.07, 6.45) is 3.67. The number of aromatic nitrogens is 1. The lowest BCUT2D eigenvalue weighted by Gasteiger charge is -2.24. The lowest BCUT2D eigenvalue weighted by atomic mass is 10.1. The minimum absolute atomic E-state index is 0.00411. The molecule has 1 amide bonds. The van der Waals surface area contributed by atoms with Crippen molar-refractivity contribution >= 4 is 16.9 Å². The molecular weight excluding hydrogens is 388 g/mol. The first-order valence-corrected chi connectivity index (χ1v) is 10.6. The highest BCUT2D eigenvalue weighted by Crippen LogP contribution is 2.36. The predicted octanol–water partition coefficient (Wildman–Crippen LogP) is 5.69. The van der Waals surface area contributed by atoms with Crippen molar-refractivity contribution in [2.75, 3.05) is 6.54 Å². The Bertz CT molecular complexity index is 1200. The van der Waals surface area contributed by atoms with E-state index in [2.05, 4.69) is 4.98 Å². The van der Waals surface area contributed by atoms with Gasteiger partial charge < -0.3 is 14.1 Å². The van der Waals surface area contributed by atoms with Crippen molar-refractivity contribution in [3.05, 3.63) is 95.5 Å². The van der Waals surface area contributed by atoms with E-state index >= 15 is 0 Å². The summed E-state index contributed by atoms with van der Waals surface area (Å²) in [7, 11) is 0. The van der Waals surface area contributed by atoms with Crippen LogP contribution in [-0.4, -0.2) is 22.3 Å². The van der Waals surface area contributed by atoms with Crippen LogP contribution in [0, 0.1) is 6.92 Å². The van der Waals surface area contributed by atoms with Gasteiger partial charge in [0.2, 0.25) is 0 Å². The van der Waals surface area contributed by atoms with Crippen LogP contribution in [0.1, 0.15) is 46.3 Å². The number of rotatable bonds is 5. The molecule has 3 heterocycles. The summed E-state index contributed by atoms with van der Waals surface area (Å²) < 4.78 is 11.9. The first-order valence-electron chi connectivity index (χ1n) is 10.6. The predicted molar refractivity (Wildman–Crippen MR) is 119 cm³/mol. The fourth-order valence-electron chi connectivity index (χ4n) is 4.33. The Labute approximate surface area is 181 Å². The van der Waals surface area contributed by atoms with Crippen LogP contribution in [0.25, 0.3) is 11.0 Å². The molecule has 0 bridgehead atoms. The molecule has 0 spiro atoms. The van der Waals surface area contributed by atoms with Gasteiger partial charge in [-0.1, -0.05) is 36.4 Å². The van der Waals surface area contributed by atoms with Crippen molar-refractivity contribution in [2.45, 2.75) is 32.4 Å². The third kappa shape index (κ3) is 3.79. The van der Waals surface area contributed by atoms with Crippen LogP contribution in [0.3, 0.4) is 0 Å². The average molecular weight is 412 g/mol. The Kier molecular flexibility index (Phi) is 5.16. The number of ether oxygens (including phenoxy) is 1. The van der Waals surface area contributed by atoms with E-state index in [1.807, 2.05) is 78.6 Å². The summed E-state index contributed by atoms with van der Waals surface area (Å²) in [5.41, 5.74) is 3.34. The highest BCUT2D eigenvalue weighted by molar-refractivity contribution is 6.07. The number of carbonyl (C=O) groups is 1. The molecule has 1 fully saturated rings. The van der Waals surface area contributed by atoms with Gasteiger partial charge >= 0.3 is 0 Å². The molecule has 5 nitrogen and oxygen atoms in total. The maximum atomic E-state index is 13.6. The quantitative estimate of drug-likeness (QED) is 0.422. The van der Waals surface area contributed by atoms with Gasteiger partial charge in [0.1, 0.15) is 23.7 Å². The molecule has 5 rings (SSSR count). The monoisotopic (exact) mass is 412 g/mol.